The van der Waals surface area contributed by atoms with E-state index in [1.807, 2.05) is 0 Å². The molecule has 0 amide bonds. The van der Waals surface area contributed by atoms with Crippen LogP contribution in [0.15, 0.2) is 47.4 Å². The van der Waals surface area contributed by atoms with Gasteiger partial charge in [0.2, 0.25) is 10.0 Å². The second-order valence-corrected chi connectivity index (χ2v) is 7.78. The zero-order valence-electron chi connectivity index (χ0n) is 25.1. The van der Waals surface area contributed by atoms with Gasteiger partial charge in [-0.25, -0.2) is 13.6 Å². The number of rotatable bonds is 11. The molecule has 0 saturated heterocycles. The van der Waals surface area contributed by atoms with E-state index in [4.69, 9.17) is 31.7 Å². The monoisotopic (exact) mass is 431 g/mol. The van der Waals surface area contributed by atoms with E-state index in [9.17, 15) is 8.42 Å². The first-order valence-corrected chi connectivity index (χ1v) is 10.2. The Labute approximate surface area is 185 Å². The molecule has 0 heterocycles. The van der Waals surface area contributed by atoms with E-state index < -0.39 is 59.8 Å². The summed E-state index contributed by atoms with van der Waals surface area (Å²) in [6, 6.07) is 9.19. The van der Waals surface area contributed by atoms with Gasteiger partial charge in [0.1, 0.15) is 17.3 Å². The fourth-order valence-electron chi connectivity index (χ4n) is 2.54. The Hall–Kier alpha value is -2.29. The number of nitrogens with two attached hydrogens (primary N) is 1. The van der Waals surface area contributed by atoms with E-state index >= 15 is 0 Å². The lowest BCUT2D eigenvalue weighted by Gasteiger charge is -2.17. The Morgan fingerprint density at radius 1 is 1.21 bits per heavy atom. The molecule has 29 heavy (non-hydrogen) atoms. The average Bonchev–Trinajstić information content (AvgIpc) is 2.71. The summed E-state index contributed by atoms with van der Waals surface area (Å²) in [5.41, 5.74) is 0.418. The minimum absolute atomic E-state index is 0.0381. The van der Waals surface area contributed by atoms with Gasteiger partial charge in [0.15, 0.2) is 11.5 Å². The molecule has 2 atom stereocenters. The number of para-hydroxylation sites is 2. The van der Waals surface area contributed by atoms with Crippen molar-refractivity contribution in [3.63, 3.8) is 0 Å². The maximum atomic E-state index is 12.0. The molecule has 160 valence electrons. The molecule has 2 aromatic carbocycles. The molecule has 0 radical (unpaired) electrons. The summed E-state index contributed by atoms with van der Waals surface area (Å²) >= 11 is 0. The van der Waals surface area contributed by atoms with Crippen LogP contribution < -0.4 is 24.7 Å². The van der Waals surface area contributed by atoms with E-state index in [1.54, 1.807) is 19.1 Å². The van der Waals surface area contributed by atoms with Gasteiger partial charge < -0.3 is 19.5 Å². The SMILES string of the molecule is [2H]C([2H])(COc1ccccc1OC([2H])(C)C([2H])([2H])[2H])N[C@H](C)Cc1ccc(OC([2H])([2H])[2H])c(S(N)(=O)=O)c1. The first kappa shape index (κ1) is 13.1. The highest BCUT2D eigenvalue weighted by molar-refractivity contribution is 7.89. The van der Waals surface area contributed by atoms with Crippen molar-refractivity contribution in [1.82, 2.24) is 5.32 Å². The predicted octanol–water partition coefficient (Wildman–Crippen LogP) is 2.73. The Bertz CT molecular complexity index is 1220. The molecule has 2 aromatic rings. The van der Waals surface area contributed by atoms with E-state index in [2.05, 4.69) is 5.32 Å². The Morgan fingerprint density at radius 3 is 2.66 bits per heavy atom. The van der Waals surface area contributed by atoms with Gasteiger partial charge in [0.25, 0.3) is 0 Å². The molecule has 0 saturated carbocycles. The highest BCUT2D eigenvalue weighted by Gasteiger charge is 2.16. The van der Waals surface area contributed by atoms with Crippen LogP contribution >= 0.6 is 0 Å². The molecular formula is C21H30N2O5S. The second-order valence-electron chi connectivity index (χ2n) is 6.25. The molecule has 1 unspecified atom stereocenters. The molecule has 0 aromatic heterocycles. The molecule has 3 N–H and O–H groups in total. The third-order valence-electron chi connectivity index (χ3n) is 3.73. The number of sulfonamides is 1. The quantitative estimate of drug-likeness (QED) is 0.567. The lowest BCUT2D eigenvalue weighted by atomic mass is 10.1. The third-order valence-corrected chi connectivity index (χ3v) is 4.66. The molecule has 0 aliphatic heterocycles. The summed E-state index contributed by atoms with van der Waals surface area (Å²) in [5.74, 6) is -0.431. The molecule has 7 nitrogen and oxygen atoms in total. The van der Waals surface area contributed by atoms with E-state index in [0.29, 0.717) is 5.56 Å². The number of hydrogen-bond acceptors (Lipinski definition) is 6. The second kappa shape index (κ2) is 10.5. The highest BCUT2D eigenvalue weighted by atomic mass is 32.2. The Kier molecular flexibility index (Phi) is 4.73. The van der Waals surface area contributed by atoms with Crippen LogP contribution in [0.5, 0.6) is 17.2 Å². The molecule has 2 rings (SSSR count). The van der Waals surface area contributed by atoms with Crippen LogP contribution in [-0.2, 0) is 16.4 Å². The van der Waals surface area contributed by atoms with E-state index in [0.717, 1.165) is 13.0 Å². The van der Waals surface area contributed by atoms with Crippen LogP contribution in [0, 0.1) is 0 Å². The predicted molar refractivity (Wildman–Crippen MR) is 113 cm³/mol. The van der Waals surface area contributed by atoms with E-state index in [1.165, 1.54) is 24.3 Å². The lowest BCUT2D eigenvalue weighted by Crippen LogP contribution is -2.32. The summed E-state index contributed by atoms with van der Waals surface area (Å²) in [5, 5.41) is 7.93. The van der Waals surface area contributed by atoms with Gasteiger partial charge in [-0.05, 0) is 56.9 Å². The zero-order chi connectivity index (χ0) is 29.2. The Morgan fingerprint density at radius 2 is 1.97 bits per heavy atom. The number of nitrogens with one attached hydrogen (secondary N) is 1. The molecule has 0 aliphatic rings. The summed E-state index contributed by atoms with van der Waals surface area (Å²) in [4.78, 5) is -0.514. The van der Waals surface area contributed by atoms with Crippen molar-refractivity contribution < 1.29 is 35.0 Å². The number of methoxy groups -OCH3 is 1. The molecule has 0 spiro atoms. The van der Waals surface area contributed by atoms with Crippen molar-refractivity contribution in [3.05, 3.63) is 48.0 Å². The van der Waals surface area contributed by atoms with Crippen LogP contribution in [-0.4, -0.2) is 40.7 Å². The van der Waals surface area contributed by atoms with Crippen molar-refractivity contribution in [2.24, 2.45) is 5.14 Å². The fraction of sp³-hybridized carbons (Fsp3) is 0.429. The first-order valence-electron chi connectivity index (χ1n) is 13.1. The standard InChI is InChI=1S/C21H30N2O5S/c1-15(2)28-19-8-6-5-7-18(19)27-12-11-23-16(3)13-17-9-10-20(26-4)21(14-17)29(22,24)25/h5-10,14-16,23H,11-13H2,1-4H3,(H2,22,24,25)/t16-/m1/s1/i1D3,4D3,11D2,15D/t15?,16-. The maximum Gasteiger partial charge on any atom is 0.241 e. The van der Waals surface area contributed by atoms with Crippen molar-refractivity contribution in [3.8, 4) is 17.2 Å². The molecular weight excluding hydrogens is 392 g/mol. The fourth-order valence-corrected chi connectivity index (χ4v) is 3.24. The van der Waals surface area contributed by atoms with Crippen molar-refractivity contribution in [2.75, 3.05) is 20.1 Å². The molecule has 0 fully saturated rings. The number of ether oxygens (including phenoxy) is 3. The van der Waals surface area contributed by atoms with Gasteiger partial charge in [-0.3, -0.25) is 0 Å². The Balaban J connectivity index is 2.11. The van der Waals surface area contributed by atoms with Gasteiger partial charge in [-0.2, -0.15) is 0 Å². The van der Waals surface area contributed by atoms with Crippen LogP contribution in [0.1, 0.15) is 38.6 Å². The first-order chi connectivity index (χ1) is 17.1. The number of hydrogen-bond donors (Lipinski definition) is 2. The van der Waals surface area contributed by atoms with Gasteiger partial charge in [0, 0.05) is 19.4 Å². The molecule has 0 aliphatic carbocycles. The smallest absolute Gasteiger partial charge is 0.241 e. The largest absolute Gasteiger partial charge is 0.495 e. The van der Waals surface area contributed by atoms with Crippen LogP contribution in [0.2, 0.25) is 0 Å². The number of primary sulfonamides is 1. The third kappa shape index (κ3) is 7.23. The van der Waals surface area contributed by atoms with Crippen molar-refractivity contribution in [2.45, 2.75) is 44.1 Å². The summed E-state index contributed by atoms with van der Waals surface area (Å²) in [7, 11) is -7.20. The maximum absolute atomic E-state index is 12.0. The average molecular weight is 432 g/mol. The molecule has 8 heteroatoms. The summed E-state index contributed by atoms with van der Waals surface area (Å²) in [6.45, 7) is -2.64. The topological polar surface area (TPSA) is 99.9 Å². The van der Waals surface area contributed by atoms with Gasteiger partial charge in [-0.1, -0.05) is 18.2 Å². The summed E-state index contributed by atoms with van der Waals surface area (Å²) < 4.78 is 108. The molecule has 0 bridgehead atoms. The lowest BCUT2D eigenvalue weighted by molar-refractivity contribution is 0.220. The zero-order valence-corrected chi connectivity index (χ0v) is 16.9. The normalized spacial score (nSPS) is 20.6. The van der Waals surface area contributed by atoms with Crippen molar-refractivity contribution in [1.29, 1.82) is 0 Å². The minimum Gasteiger partial charge on any atom is -0.495 e. The van der Waals surface area contributed by atoms with Crippen molar-refractivity contribution >= 4 is 10.0 Å². The van der Waals surface area contributed by atoms with Gasteiger partial charge in [0.05, 0.1) is 18.6 Å². The van der Waals surface area contributed by atoms with Gasteiger partial charge in [-0.15, -0.1) is 0 Å². The summed E-state index contributed by atoms with van der Waals surface area (Å²) in [6.07, 6.45) is -2.14. The minimum atomic E-state index is -4.31. The number of benzene rings is 2. The van der Waals surface area contributed by atoms with Crippen LogP contribution in [0.25, 0.3) is 0 Å². The highest BCUT2D eigenvalue weighted by Crippen LogP contribution is 2.27. The van der Waals surface area contributed by atoms with Gasteiger partial charge >= 0.3 is 0 Å². The van der Waals surface area contributed by atoms with Crippen LogP contribution in [0.3, 0.4) is 0 Å². The van der Waals surface area contributed by atoms with Crippen LogP contribution in [0.4, 0.5) is 0 Å². The van der Waals surface area contributed by atoms with E-state index in [-0.39, 0.29) is 17.9 Å².